The van der Waals surface area contributed by atoms with Crippen molar-refractivity contribution >= 4 is 24.3 Å². The first-order valence-electron chi connectivity index (χ1n) is 9.43. The van der Waals surface area contributed by atoms with Crippen molar-refractivity contribution in [2.45, 2.75) is 38.6 Å². The van der Waals surface area contributed by atoms with E-state index in [2.05, 4.69) is 20.1 Å². The van der Waals surface area contributed by atoms with Crippen molar-refractivity contribution in [1.82, 2.24) is 15.0 Å². The summed E-state index contributed by atoms with van der Waals surface area (Å²) >= 11 is 0. The molecule has 0 bridgehead atoms. The highest BCUT2D eigenvalue weighted by Gasteiger charge is 2.44. The van der Waals surface area contributed by atoms with Crippen LogP contribution in [0.1, 0.15) is 32.6 Å². The number of rotatable bonds is 3. The summed E-state index contributed by atoms with van der Waals surface area (Å²) in [6.07, 6.45) is 9.03. The molecule has 3 aliphatic rings. The molecule has 1 saturated heterocycles. The summed E-state index contributed by atoms with van der Waals surface area (Å²) in [5.41, 5.74) is -0.576. The van der Waals surface area contributed by atoms with Gasteiger partial charge < -0.3 is 4.90 Å². The molecule has 1 amide bonds. The lowest BCUT2D eigenvalue weighted by molar-refractivity contribution is -0.139. The number of carbonyl (C=O) groups is 1. The molecule has 1 unspecified atom stereocenters. The Morgan fingerprint density at radius 2 is 1.93 bits per heavy atom. The Balaban J connectivity index is 1.41. The second kappa shape index (κ2) is 7.37. The summed E-state index contributed by atoms with van der Waals surface area (Å²) in [6, 6.07) is -0.235. The largest absolute Gasteiger partial charge is 0.341 e. The van der Waals surface area contributed by atoms with Crippen molar-refractivity contribution in [3.05, 3.63) is 30.2 Å². The molecule has 0 aromatic carbocycles. The Morgan fingerprint density at radius 1 is 1.21 bits per heavy atom. The topological polar surface area (TPSA) is 74.1 Å². The number of aliphatic imine (C=N–C) groups is 1. The van der Waals surface area contributed by atoms with Gasteiger partial charge in [-0.15, -0.1) is 0 Å². The van der Waals surface area contributed by atoms with Crippen molar-refractivity contribution < 1.29 is 13.6 Å². The fourth-order valence-corrected chi connectivity index (χ4v) is 4.10. The number of allylic oxidation sites excluding steroid dienone is 1. The number of hydrazone groups is 1. The van der Waals surface area contributed by atoms with Crippen LogP contribution in [0.25, 0.3) is 0 Å². The first-order valence-corrected chi connectivity index (χ1v) is 9.43. The molecule has 7 nitrogen and oxygen atoms in total. The average molecular weight is 388 g/mol. The van der Waals surface area contributed by atoms with E-state index in [1.165, 1.54) is 11.2 Å². The predicted octanol–water partition coefficient (Wildman–Crippen LogP) is 2.71. The number of hydrogen-bond acceptors (Lipinski definition) is 6. The normalized spacial score (nSPS) is 28.0. The first-order chi connectivity index (χ1) is 13.5. The van der Waals surface area contributed by atoms with Gasteiger partial charge in [-0.1, -0.05) is 6.92 Å². The first kappa shape index (κ1) is 18.6. The quantitative estimate of drug-likeness (QED) is 0.798. The molecule has 148 valence electrons. The summed E-state index contributed by atoms with van der Waals surface area (Å²) in [6.45, 7) is 3.14. The molecule has 1 fully saturated rings. The van der Waals surface area contributed by atoms with Crippen LogP contribution in [-0.2, 0) is 4.79 Å². The smallest absolute Gasteiger partial charge is 0.246 e. The number of aromatic nitrogens is 2. The number of halogens is 2. The van der Waals surface area contributed by atoms with Crippen LogP contribution in [0.5, 0.6) is 0 Å². The van der Waals surface area contributed by atoms with Gasteiger partial charge in [0.2, 0.25) is 11.9 Å². The van der Waals surface area contributed by atoms with Crippen LogP contribution in [0.4, 0.5) is 14.7 Å². The van der Waals surface area contributed by atoms with E-state index < -0.39 is 11.2 Å². The maximum atomic E-state index is 13.8. The zero-order chi connectivity index (χ0) is 19.7. The minimum atomic E-state index is -0.576. The van der Waals surface area contributed by atoms with E-state index in [1.807, 2.05) is 11.8 Å². The molecule has 0 radical (unpaired) electrons. The minimum Gasteiger partial charge on any atom is -0.341 e. The van der Waals surface area contributed by atoms with Crippen LogP contribution in [-0.4, -0.2) is 52.4 Å². The Hall–Kier alpha value is -2.71. The molecule has 0 saturated carbocycles. The third kappa shape index (κ3) is 3.53. The van der Waals surface area contributed by atoms with E-state index in [1.54, 1.807) is 12.4 Å². The third-order valence-corrected chi connectivity index (χ3v) is 5.68. The van der Waals surface area contributed by atoms with Gasteiger partial charge in [-0.2, -0.15) is 5.10 Å². The summed E-state index contributed by atoms with van der Waals surface area (Å²) in [5.74, 6) is -0.491. The van der Waals surface area contributed by atoms with Crippen molar-refractivity contribution in [1.29, 1.82) is 0 Å². The SMILES string of the molecule is CC1([C@@H]2CC=NN2C(=O)C2CCN(c3ncc(F)cn3)CC2)C=NC=C(F)C1. The summed E-state index contributed by atoms with van der Waals surface area (Å²) in [7, 11) is 0. The molecule has 28 heavy (non-hydrogen) atoms. The van der Waals surface area contributed by atoms with Crippen LogP contribution >= 0.6 is 0 Å². The van der Waals surface area contributed by atoms with Crippen LogP contribution in [0.3, 0.4) is 0 Å². The predicted molar refractivity (Wildman–Crippen MR) is 101 cm³/mol. The number of piperidine rings is 1. The van der Waals surface area contributed by atoms with E-state index in [9.17, 15) is 13.6 Å². The molecular formula is C19H22F2N6O. The number of carbonyl (C=O) groups excluding carboxylic acids is 1. The molecule has 0 spiro atoms. The fourth-order valence-electron chi connectivity index (χ4n) is 4.10. The van der Waals surface area contributed by atoms with Crippen LogP contribution in [0.15, 0.2) is 34.5 Å². The third-order valence-electron chi connectivity index (χ3n) is 5.68. The number of anilines is 1. The van der Waals surface area contributed by atoms with E-state index in [0.29, 0.717) is 38.3 Å². The Labute approximate surface area is 161 Å². The van der Waals surface area contributed by atoms with Gasteiger partial charge in [-0.3, -0.25) is 9.79 Å². The van der Waals surface area contributed by atoms with E-state index >= 15 is 0 Å². The lowest BCUT2D eigenvalue weighted by Crippen LogP contribution is -2.49. The molecular weight excluding hydrogens is 366 g/mol. The van der Waals surface area contributed by atoms with Crippen molar-refractivity contribution in [3.63, 3.8) is 0 Å². The monoisotopic (exact) mass is 388 g/mol. The van der Waals surface area contributed by atoms with Gasteiger partial charge in [0.05, 0.1) is 24.6 Å². The molecule has 0 N–H and O–H groups in total. The maximum absolute atomic E-state index is 13.8. The van der Waals surface area contributed by atoms with E-state index in [-0.39, 0.29) is 30.1 Å². The molecule has 1 aromatic heterocycles. The van der Waals surface area contributed by atoms with Gasteiger partial charge in [0.1, 0.15) is 5.83 Å². The minimum absolute atomic E-state index is 0.0389. The Morgan fingerprint density at radius 3 is 2.61 bits per heavy atom. The number of amides is 1. The zero-order valence-electron chi connectivity index (χ0n) is 15.6. The lowest BCUT2D eigenvalue weighted by Gasteiger charge is -2.39. The van der Waals surface area contributed by atoms with Crippen molar-refractivity contribution in [3.8, 4) is 0 Å². The highest BCUT2D eigenvalue weighted by atomic mass is 19.1. The fraction of sp³-hybridized carbons (Fsp3) is 0.526. The van der Waals surface area contributed by atoms with Gasteiger partial charge in [-0.25, -0.2) is 23.8 Å². The highest BCUT2D eigenvalue weighted by Crippen LogP contribution is 2.38. The molecule has 4 rings (SSSR count). The second-order valence-corrected chi connectivity index (χ2v) is 7.73. The Kier molecular flexibility index (Phi) is 4.91. The van der Waals surface area contributed by atoms with Crippen molar-refractivity contribution in [2.24, 2.45) is 21.4 Å². The molecule has 2 atom stereocenters. The lowest BCUT2D eigenvalue weighted by atomic mass is 9.77. The van der Waals surface area contributed by atoms with Gasteiger partial charge in [0.25, 0.3) is 0 Å². The molecule has 1 aromatic rings. The van der Waals surface area contributed by atoms with Crippen molar-refractivity contribution in [2.75, 3.05) is 18.0 Å². The van der Waals surface area contributed by atoms with E-state index in [0.717, 1.165) is 12.4 Å². The standard InChI is InChI=1S/C19H22F2N6O/c1-19(8-14(20)9-22-12-19)16-2-5-25-27(16)17(28)13-3-6-26(7-4-13)18-23-10-15(21)11-24-18/h5,9-13,16H,2-4,6-8H2,1H3/t16-,19?/m0/s1. The van der Waals surface area contributed by atoms with Gasteiger partial charge in [0.15, 0.2) is 5.82 Å². The van der Waals surface area contributed by atoms with Gasteiger partial charge in [0, 0.05) is 49.7 Å². The summed E-state index contributed by atoms with van der Waals surface area (Å²) < 4.78 is 26.8. The summed E-state index contributed by atoms with van der Waals surface area (Å²) in [5, 5.41) is 5.83. The molecule has 0 aliphatic carbocycles. The second-order valence-electron chi connectivity index (χ2n) is 7.73. The van der Waals surface area contributed by atoms with Crippen LogP contribution < -0.4 is 4.90 Å². The highest BCUT2D eigenvalue weighted by molar-refractivity contribution is 5.83. The average Bonchev–Trinajstić information content (AvgIpc) is 3.19. The van der Waals surface area contributed by atoms with Gasteiger partial charge in [-0.05, 0) is 12.8 Å². The van der Waals surface area contributed by atoms with Crippen LogP contribution in [0.2, 0.25) is 0 Å². The van der Waals surface area contributed by atoms with E-state index in [4.69, 9.17) is 0 Å². The molecule has 3 aliphatic heterocycles. The van der Waals surface area contributed by atoms with Crippen LogP contribution in [0, 0.1) is 17.2 Å². The van der Waals surface area contributed by atoms with Gasteiger partial charge >= 0.3 is 0 Å². The number of hydrogen-bond donors (Lipinski definition) is 0. The Bertz CT molecular complexity index is 831. The molecule has 4 heterocycles. The summed E-state index contributed by atoms with van der Waals surface area (Å²) in [4.78, 5) is 27.1. The molecule has 9 heteroatoms. The maximum Gasteiger partial charge on any atom is 0.246 e. The number of nitrogens with zero attached hydrogens (tertiary/aromatic N) is 6. The zero-order valence-corrected chi connectivity index (χ0v) is 15.6.